The lowest BCUT2D eigenvalue weighted by atomic mass is 9.86. The summed E-state index contributed by atoms with van der Waals surface area (Å²) >= 11 is 0. The minimum absolute atomic E-state index is 0.152. The van der Waals surface area contributed by atoms with Gasteiger partial charge in [-0.15, -0.1) is 0 Å². The molecular weight excluding hydrogens is 390 g/mol. The van der Waals surface area contributed by atoms with Crippen molar-refractivity contribution in [2.24, 2.45) is 5.92 Å². The van der Waals surface area contributed by atoms with Crippen LogP contribution in [0.3, 0.4) is 0 Å². The molecule has 0 unspecified atom stereocenters. The van der Waals surface area contributed by atoms with E-state index in [1.165, 1.54) is 6.42 Å². The maximum absolute atomic E-state index is 12.9. The van der Waals surface area contributed by atoms with Crippen molar-refractivity contribution < 1.29 is 14.3 Å². The largest absolute Gasteiger partial charge is 0.451 e. The Labute approximate surface area is 182 Å². The molecule has 0 bridgehead atoms. The maximum atomic E-state index is 12.9. The fourth-order valence-corrected chi connectivity index (χ4v) is 4.03. The number of rotatable bonds is 6. The maximum Gasteiger partial charge on any atom is 0.357 e. The summed E-state index contributed by atoms with van der Waals surface area (Å²) in [6.45, 7) is 1.85. The van der Waals surface area contributed by atoms with Crippen molar-refractivity contribution in [2.45, 2.75) is 38.6 Å². The Morgan fingerprint density at radius 3 is 2.42 bits per heavy atom. The predicted molar refractivity (Wildman–Crippen MR) is 119 cm³/mol. The van der Waals surface area contributed by atoms with Crippen LogP contribution in [-0.2, 0) is 9.53 Å². The SMILES string of the molecule is C[C@H]1CCCC[C@@H]1NC(=O)COC(=O)c1cc(-c2ccccc2)nn1-c1ccccc1. The van der Waals surface area contributed by atoms with Crippen LogP contribution < -0.4 is 5.32 Å². The van der Waals surface area contributed by atoms with Gasteiger partial charge in [0.1, 0.15) is 0 Å². The summed E-state index contributed by atoms with van der Waals surface area (Å²) in [6.07, 6.45) is 4.41. The number of ether oxygens (including phenoxy) is 1. The lowest BCUT2D eigenvalue weighted by Crippen LogP contribution is -2.42. The van der Waals surface area contributed by atoms with E-state index in [-0.39, 0.29) is 24.2 Å². The quantitative estimate of drug-likeness (QED) is 0.604. The van der Waals surface area contributed by atoms with E-state index in [9.17, 15) is 9.59 Å². The number of esters is 1. The number of benzene rings is 2. The van der Waals surface area contributed by atoms with Gasteiger partial charge >= 0.3 is 5.97 Å². The first-order chi connectivity index (χ1) is 15.1. The third kappa shape index (κ3) is 5.02. The van der Waals surface area contributed by atoms with Crippen LogP contribution in [0.15, 0.2) is 66.7 Å². The van der Waals surface area contributed by atoms with Crippen molar-refractivity contribution in [3.05, 3.63) is 72.4 Å². The van der Waals surface area contributed by atoms with E-state index in [1.54, 1.807) is 10.7 Å². The van der Waals surface area contributed by atoms with Gasteiger partial charge in [-0.25, -0.2) is 9.48 Å². The fourth-order valence-electron chi connectivity index (χ4n) is 4.03. The summed E-state index contributed by atoms with van der Waals surface area (Å²) < 4.78 is 6.93. The minimum atomic E-state index is -0.578. The van der Waals surface area contributed by atoms with Crippen LogP contribution in [0.2, 0.25) is 0 Å². The van der Waals surface area contributed by atoms with E-state index in [0.29, 0.717) is 11.6 Å². The highest BCUT2D eigenvalue weighted by Crippen LogP contribution is 2.24. The average Bonchev–Trinajstić information content (AvgIpc) is 3.26. The van der Waals surface area contributed by atoms with Crippen molar-refractivity contribution in [3.8, 4) is 16.9 Å². The van der Waals surface area contributed by atoms with Crippen molar-refractivity contribution in [3.63, 3.8) is 0 Å². The van der Waals surface area contributed by atoms with Crippen LogP contribution in [0, 0.1) is 5.92 Å². The minimum Gasteiger partial charge on any atom is -0.451 e. The van der Waals surface area contributed by atoms with E-state index in [2.05, 4.69) is 17.3 Å². The molecule has 6 heteroatoms. The molecule has 0 spiro atoms. The monoisotopic (exact) mass is 417 g/mol. The highest BCUT2D eigenvalue weighted by Gasteiger charge is 2.24. The first kappa shape index (κ1) is 20.8. The molecule has 6 nitrogen and oxygen atoms in total. The van der Waals surface area contributed by atoms with Crippen LogP contribution >= 0.6 is 0 Å². The Hall–Kier alpha value is -3.41. The molecule has 0 saturated heterocycles. The summed E-state index contributed by atoms with van der Waals surface area (Å²) in [7, 11) is 0. The van der Waals surface area contributed by atoms with Gasteiger partial charge in [-0.3, -0.25) is 4.79 Å². The van der Waals surface area contributed by atoms with Gasteiger partial charge in [0.25, 0.3) is 5.91 Å². The third-order valence-electron chi connectivity index (χ3n) is 5.78. The lowest BCUT2D eigenvalue weighted by Gasteiger charge is -2.29. The van der Waals surface area contributed by atoms with Gasteiger partial charge in [-0.1, -0.05) is 68.3 Å². The Balaban J connectivity index is 1.50. The topological polar surface area (TPSA) is 73.2 Å². The van der Waals surface area contributed by atoms with Gasteiger partial charge in [0.15, 0.2) is 12.3 Å². The summed E-state index contributed by atoms with van der Waals surface area (Å²) in [5, 5.41) is 7.63. The van der Waals surface area contributed by atoms with Gasteiger partial charge in [0, 0.05) is 11.6 Å². The summed E-state index contributed by atoms with van der Waals surface area (Å²) in [5.41, 5.74) is 2.59. The second-order valence-electron chi connectivity index (χ2n) is 8.04. The molecule has 0 aliphatic heterocycles. The lowest BCUT2D eigenvalue weighted by molar-refractivity contribution is -0.125. The van der Waals surface area contributed by atoms with E-state index >= 15 is 0 Å². The van der Waals surface area contributed by atoms with E-state index in [0.717, 1.165) is 30.5 Å². The molecule has 4 rings (SSSR count). The van der Waals surface area contributed by atoms with Crippen LogP contribution in [0.5, 0.6) is 0 Å². The molecule has 2 atom stereocenters. The number of hydrogen-bond donors (Lipinski definition) is 1. The zero-order valence-corrected chi connectivity index (χ0v) is 17.7. The van der Waals surface area contributed by atoms with Crippen molar-refractivity contribution >= 4 is 11.9 Å². The van der Waals surface area contributed by atoms with Gasteiger partial charge in [0.05, 0.1) is 11.4 Å². The molecule has 1 aliphatic carbocycles. The summed E-state index contributed by atoms with van der Waals surface area (Å²) in [6, 6.07) is 20.9. The number of para-hydroxylation sites is 1. The molecule has 1 saturated carbocycles. The second kappa shape index (κ2) is 9.60. The fraction of sp³-hybridized carbons (Fsp3) is 0.320. The first-order valence-electron chi connectivity index (χ1n) is 10.8. The van der Waals surface area contributed by atoms with E-state index in [4.69, 9.17) is 4.74 Å². The van der Waals surface area contributed by atoms with Crippen LogP contribution in [0.4, 0.5) is 0 Å². The van der Waals surface area contributed by atoms with Crippen LogP contribution in [-0.4, -0.2) is 34.3 Å². The first-order valence-corrected chi connectivity index (χ1v) is 10.8. The van der Waals surface area contributed by atoms with Gasteiger partial charge < -0.3 is 10.1 Å². The van der Waals surface area contributed by atoms with Gasteiger partial charge in [0.2, 0.25) is 0 Å². The number of hydrogen-bond acceptors (Lipinski definition) is 4. The molecule has 2 aromatic carbocycles. The molecule has 0 radical (unpaired) electrons. The van der Waals surface area contributed by atoms with Gasteiger partial charge in [-0.05, 0) is 37.0 Å². The molecule has 1 amide bonds. The number of nitrogens with zero attached hydrogens (tertiary/aromatic N) is 2. The van der Waals surface area contributed by atoms with E-state index in [1.807, 2.05) is 60.7 Å². The molecule has 1 heterocycles. The Kier molecular flexibility index (Phi) is 6.46. The number of carbonyl (C=O) groups excluding carboxylic acids is 2. The number of aromatic nitrogens is 2. The highest BCUT2D eigenvalue weighted by molar-refractivity contribution is 5.91. The zero-order chi connectivity index (χ0) is 21.6. The summed E-state index contributed by atoms with van der Waals surface area (Å²) in [5.74, 6) is -0.395. The highest BCUT2D eigenvalue weighted by atomic mass is 16.5. The molecular formula is C25H27N3O3. The number of carbonyl (C=O) groups is 2. The predicted octanol–water partition coefficient (Wildman–Crippen LogP) is 4.39. The standard InChI is InChI=1S/C25H27N3O3/c1-18-10-8-9-15-21(18)26-24(29)17-31-25(30)23-16-22(19-11-4-2-5-12-19)27-28(23)20-13-6-3-7-14-20/h2-7,11-14,16,18,21H,8-10,15,17H2,1H3,(H,26,29)/t18-,21-/m0/s1. The normalized spacial score (nSPS) is 18.4. The smallest absolute Gasteiger partial charge is 0.357 e. The number of nitrogens with one attached hydrogen (secondary N) is 1. The van der Waals surface area contributed by atoms with Crippen molar-refractivity contribution in [2.75, 3.05) is 6.61 Å². The van der Waals surface area contributed by atoms with Crippen LogP contribution in [0.1, 0.15) is 43.1 Å². The molecule has 1 aliphatic rings. The van der Waals surface area contributed by atoms with Crippen molar-refractivity contribution in [1.82, 2.24) is 15.1 Å². The molecule has 1 N–H and O–H groups in total. The Morgan fingerprint density at radius 2 is 1.71 bits per heavy atom. The molecule has 1 aromatic heterocycles. The Bertz CT molecular complexity index is 1030. The zero-order valence-electron chi connectivity index (χ0n) is 17.7. The third-order valence-corrected chi connectivity index (χ3v) is 5.78. The summed E-state index contributed by atoms with van der Waals surface area (Å²) in [4.78, 5) is 25.2. The second-order valence-corrected chi connectivity index (χ2v) is 8.04. The molecule has 160 valence electrons. The molecule has 31 heavy (non-hydrogen) atoms. The van der Waals surface area contributed by atoms with Gasteiger partial charge in [-0.2, -0.15) is 5.10 Å². The average molecular weight is 418 g/mol. The van der Waals surface area contributed by atoms with Crippen LogP contribution in [0.25, 0.3) is 16.9 Å². The molecule has 1 fully saturated rings. The van der Waals surface area contributed by atoms with Crippen molar-refractivity contribution in [1.29, 1.82) is 0 Å². The number of amides is 1. The Morgan fingerprint density at radius 1 is 1.03 bits per heavy atom. The van der Waals surface area contributed by atoms with E-state index < -0.39 is 5.97 Å². The molecule has 3 aromatic rings.